The second-order valence-electron chi connectivity index (χ2n) is 4.29. The average Bonchev–Trinajstić information content (AvgIpc) is 2.43. The second kappa shape index (κ2) is 7.37. The van der Waals surface area contributed by atoms with Gasteiger partial charge in [0.05, 0.1) is 21.3 Å². The lowest BCUT2D eigenvalue weighted by Gasteiger charge is -2.21. The highest BCUT2D eigenvalue weighted by atomic mass is 16.5. The van der Waals surface area contributed by atoms with Crippen molar-refractivity contribution in [2.45, 2.75) is 20.0 Å². The fourth-order valence-electron chi connectivity index (χ4n) is 1.88. The van der Waals surface area contributed by atoms with Crippen LogP contribution < -0.4 is 24.8 Å². The standard InChI is InChI=1S/C14H20N2O5/c1-8(17)15-14(16-9(2)18)10-6-11(19-3)13(21-5)12(7-10)20-4/h6-7,14H,1-5H3,(H,15,17)(H,16,18). The highest BCUT2D eigenvalue weighted by molar-refractivity contribution is 5.77. The van der Waals surface area contributed by atoms with Crippen molar-refractivity contribution in [1.82, 2.24) is 10.6 Å². The zero-order valence-corrected chi connectivity index (χ0v) is 12.8. The van der Waals surface area contributed by atoms with Crippen LogP contribution in [0.2, 0.25) is 0 Å². The maximum absolute atomic E-state index is 11.3. The van der Waals surface area contributed by atoms with Crippen molar-refractivity contribution in [3.05, 3.63) is 17.7 Å². The zero-order chi connectivity index (χ0) is 16.0. The number of hydrogen-bond donors (Lipinski definition) is 2. The third-order valence-corrected chi connectivity index (χ3v) is 2.72. The van der Waals surface area contributed by atoms with Gasteiger partial charge in [-0.3, -0.25) is 9.59 Å². The molecule has 7 heteroatoms. The number of ether oxygens (including phenoxy) is 3. The lowest BCUT2D eigenvalue weighted by Crippen LogP contribution is -2.39. The van der Waals surface area contributed by atoms with Crippen molar-refractivity contribution >= 4 is 11.8 Å². The van der Waals surface area contributed by atoms with Gasteiger partial charge < -0.3 is 24.8 Å². The van der Waals surface area contributed by atoms with Crippen LogP contribution in [0.4, 0.5) is 0 Å². The number of carbonyl (C=O) groups excluding carboxylic acids is 2. The normalized spacial score (nSPS) is 10.0. The maximum atomic E-state index is 11.3. The first-order chi connectivity index (χ1) is 9.92. The van der Waals surface area contributed by atoms with Crippen LogP contribution in [0.15, 0.2) is 12.1 Å². The zero-order valence-electron chi connectivity index (χ0n) is 12.8. The van der Waals surface area contributed by atoms with Gasteiger partial charge >= 0.3 is 0 Å². The molecule has 1 rings (SSSR count). The minimum Gasteiger partial charge on any atom is -0.493 e. The number of carbonyl (C=O) groups is 2. The summed E-state index contributed by atoms with van der Waals surface area (Å²) in [6.45, 7) is 2.74. The third-order valence-electron chi connectivity index (χ3n) is 2.72. The Hall–Kier alpha value is -2.44. The van der Waals surface area contributed by atoms with Gasteiger partial charge in [-0.1, -0.05) is 0 Å². The molecule has 0 bridgehead atoms. The van der Waals surface area contributed by atoms with Crippen molar-refractivity contribution in [2.75, 3.05) is 21.3 Å². The minimum absolute atomic E-state index is 0.275. The molecule has 2 amide bonds. The van der Waals surface area contributed by atoms with Gasteiger partial charge in [-0.15, -0.1) is 0 Å². The van der Waals surface area contributed by atoms with Crippen molar-refractivity contribution in [1.29, 1.82) is 0 Å². The van der Waals surface area contributed by atoms with E-state index >= 15 is 0 Å². The summed E-state index contributed by atoms with van der Waals surface area (Å²) in [5.74, 6) is 0.762. The van der Waals surface area contributed by atoms with Crippen molar-refractivity contribution < 1.29 is 23.8 Å². The molecule has 21 heavy (non-hydrogen) atoms. The van der Waals surface area contributed by atoms with Crippen molar-refractivity contribution in [3.8, 4) is 17.2 Å². The van der Waals surface area contributed by atoms with Gasteiger partial charge in [0.2, 0.25) is 17.6 Å². The fourth-order valence-corrected chi connectivity index (χ4v) is 1.88. The molecule has 0 spiro atoms. The predicted octanol–water partition coefficient (Wildman–Crippen LogP) is 0.983. The Labute approximate surface area is 123 Å². The summed E-state index contributed by atoms with van der Waals surface area (Å²) in [4.78, 5) is 22.6. The summed E-state index contributed by atoms with van der Waals surface area (Å²) >= 11 is 0. The molecule has 0 aliphatic carbocycles. The summed E-state index contributed by atoms with van der Waals surface area (Å²) < 4.78 is 15.7. The van der Waals surface area contributed by atoms with Crippen LogP contribution >= 0.6 is 0 Å². The number of nitrogens with one attached hydrogen (secondary N) is 2. The highest BCUT2D eigenvalue weighted by Gasteiger charge is 2.20. The van der Waals surface area contributed by atoms with E-state index in [2.05, 4.69) is 10.6 Å². The van der Waals surface area contributed by atoms with E-state index in [-0.39, 0.29) is 11.8 Å². The van der Waals surface area contributed by atoms with Crippen molar-refractivity contribution in [2.24, 2.45) is 0 Å². The van der Waals surface area contributed by atoms with E-state index in [0.29, 0.717) is 22.8 Å². The van der Waals surface area contributed by atoms with E-state index in [4.69, 9.17) is 14.2 Å². The van der Waals surface area contributed by atoms with Gasteiger partial charge in [-0.25, -0.2) is 0 Å². The molecule has 0 saturated heterocycles. The van der Waals surface area contributed by atoms with Crippen LogP contribution in [0.5, 0.6) is 17.2 Å². The first kappa shape index (κ1) is 16.6. The molecule has 0 atom stereocenters. The molecular formula is C14H20N2O5. The predicted molar refractivity (Wildman–Crippen MR) is 76.5 cm³/mol. The van der Waals surface area contributed by atoms with Gasteiger partial charge in [0.15, 0.2) is 11.5 Å². The molecule has 0 radical (unpaired) electrons. The van der Waals surface area contributed by atoms with Gasteiger partial charge in [-0.05, 0) is 12.1 Å². The number of rotatable bonds is 6. The summed E-state index contributed by atoms with van der Waals surface area (Å²) in [5.41, 5.74) is 0.606. The topological polar surface area (TPSA) is 85.9 Å². The SMILES string of the molecule is COc1cc(C(NC(C)=O)NC(C)=O)cc(OC)c1OC. The number of methoxy groups -OCH3 is 3. The lowest BCUT2D eigenvalue weighted by atomic mass is 10.1. The molecule has 0 aliphatic rings. The number of hydrogen-bond acceptors (Lipinski definition) is 5. The molecule has 0 fully saturated rings. The molecule has 2 N–H and O–H groups in total. The highest BCUT2D eigenvalue weighted by Crippen LogP contribution is 2.39. The Morgan fingerprint density at radius 1 is 0.905 bits per heavy atom. The van der Waals surface area contributed by atoms with E-state index in [1.807, 2.05) is 0 Å². The molecule has 116 valence electrons. The van der Waals surface area contributed by atoms with Crippen LogP contribution in [-0.4, -0.2) is 33.1 Å². The van der Waals surface area contributed by atoms with E-state index in [1.54, 1.807) is 12.1 Å². The third kappa shape index (κ3) is 4.27. The Morgan fingerprint density at radius 3 is 1.62 bits per heavy atom. The molecule has 1 aromatic carbocycles. The van der Waals surface area contributed by atoms with Crippen LogP contribution in [0, 0.1) is 0 Å². The summed E-state index contributed by atoms with van der Waals surface area (Å²) in [5, 5.41) is 5.29. The van der Waals surface area contributed by atoms with Gasteiger partial charge in [0.1, 0.15) is 6.17 Å². The van der Waals surface area contributed by atoms with Gasteiger partial charge in [0, 0.05) is 19.4 Å². The lowest BCUT2D eigenvalue weighted by molar-refractivity contribution is -0.122. The summed E-state index contributed by atoms with van der Waals surface area (Å²) in [6.07, 6.45) is -0.686. The van der Waals surface area contributed by atoms with Gasteiger partial charge in [0.25, 0.3) is 0 Å². The fraction of sp³-hybridized carbons (Fsp3) is 0.429. The number of amides is 2. The smallest absolute Gasteiger partial charge is 0.218 e. The van der Waals surface area contributed by atoms with Crippen LogP contribution in [0.25, 0.3) is 0 Å². The average molecular weight is 296 g/mol. The Kier molecular flexibility index (Phi) is 5.83. The largest absolute Gasteiger partial charge is 0.493 e. The minimum atomic E-state index is -0.686. The van der Waals surface area contributed by atoms with E-state index in [0.717, 1.165) is 0 Å². The van der Waals surface area contributed by atoms with E-state index in [9.17, 15) is 9.59 Å². The summed E-state index contributed by atoms with van der Waals surface area (Å²) in [6, 6.07) is 3.33. The van der Waals surface area contributed by atoms with Gasteiger partial charge in [-0.2, -0.15) is 0 Å². The Morgan fingerprint density at radius 2 is 1.33 bits per heavy atom. The molecule has 1 aromatic rings. The maximum Gasteiger partial charge on any atom is 0.218 e. The summed E-state index contributed by atoms with van der Waals surface area (Å²) in [7, 11) is 4.49. The Balaban J connectivity index is 3.29. The monoisotopic (exact) mass is 296 g/mol. The van der Waals surface area contributed by atoms with E-state index < -0.39 is 6.17 Å². The van der Waals surface area contributed by atoms with Crippen LogP contribution in [0.1, 0.15) is 25.6 Å². The molecule has 0 saturated carbocycles. The molecule has 0 aromatic heterocycles. The first-order valence-corrected chi connectivity index (χ1v) is 6.27. The van der Waals surface area contributed by atoms with Crippen LogP contribution in [0.3, 0.4) is 0 Å². The molecule has 0 aliphatic heterocycles. The first-order valence-electron chi connectivity index (χ1n) is 6.27. The molecule has 0 heterocycles. The molecule has 0 unspecified atom stereocenters. The second-order valence-corrected chi connectivity index (χ2v) is 4.29. The molecular weight excluding hydrogens is 276 g/mol. The number of benzene rings is 1. The van der Waals surface area contributed by atoms with Crippen LogP contribution in [-0.2, 0) is 9.59 Å². The Bertz CT molecular complexity index is 489. The molecule has 7 nitrogen and oxygen atoms in total. The van der Waals surface area contributed by atoms with Crippen molar-refractivity contribution in [3.63, 3.8) is 0 Å². The van der Waals surface area contributed by atoms with E-state index in [1.165, 1.54) is 35.2 Å². The quantitative estimate of drug-likeness (QED) is 0.764.